The van der Waals surface area contributed by atoms with Crippen molar-refractivity contribution in [2.75, 3.05) is 0 Å². The van der Waals surface area contributed by atoms with Crippen molar-refractivity contribution in [3.63, 3.8) is 0 Å². The Morgan fingerprint density at radius 2 is 0.885 bits per heavy atom. The summed E-state index contributed by atoms with van der Waals surface area (Å²) >= 11 is 0. The molecule has 0 saturated carbocycles. The second-order valence-electron chi connectivity index (χ2n) is 6.34. The van der Waals surface area contributed by atoms with Gasteiger partial charge < -0.3 is 0 Å². The molecular formula is C22H26N4. The Bertz CT molecular complexity index is 826. The lowest BCUT2D eigenvalue weighted by Gasteiger charge is -2.03. The molecule has 2 aromatic rings. The van der Waals surface area contributed by atoms with Crippen LogP contribution in [-0.2, 0) is 0 Å². The molecule has 0 heterocycles. The minimum Gasteiger partial charge on any atom is -0.252 e. The van der Waals surface area contributed by atoms with Gasteiger partial charge in [-0.25, -0.2) is 0 Å². The number of hydrogen-bond acceptors (Lipinski definition) is 4. The fraction of sp³-hybridized carbons (Fsp3) is 0.273. The smallest absolute Gasteiger partial charge is 0.0811 e. The van der Waals surface area contributed by atoms with Crippen LogP contribution in [0.25, 0.3) is 0 Å². The van der Waals surface area contributed by atoms with Crippen molar-refractivity contribution in [1.82, 2.24) is 0 Å². The third kappa shape index (κ3) is 5.31. The summed E-state index contributed by atoms with van der Waals surface area (Å²) in [7, 11) is 0. The molecule has 0 N–H and O–H groups in total. The van der Waals surface area contributed by atoms with Crippen molar-refractivity contribution in [2.45, 2.75) is 41.5 Å². The van der Waals surface area contributed by atoms with Gasteiger partial charge in [0, 0.05) is 0 Å². The zero-order chi connectivity index (χ0) is 19.1. The third-order valence-corrected chi connectivity index (χ3v) is 4.20. The first-order valence-electron chi connectivity index (χ1n) is 8.70. The first-order valence-corrected chi connectivity index (χ1v) is 8.70. The van der Waals surface area contributed by atoms with E-state index in [9.17, 15) is 0 Å². The maximum Gasteiger partial charge on any atom is 0.0811 e. The van der Waals surface area contributed by atoms with E-state index in [1.807, 2.05) is 90.1 Å². The molecule has 0 saturated heterocycles. The molecule has 0 radical (unpaired) electrons. The summed E-state index contributed by atoms with van der Waals surface area (Å²) in [6.45, 7) is 11.8. The average molecular weight is 346 g/mol. The number of hydrogen-bond donors (Lipinski definition) is 0. The minimum absolute atomic E-state index is 0.788. The first kappa shape index (κ1) is 19.4. The van der Waals surface area contributed by atoms with Gasteiger partial charge in [-0.3, -0.25) is 9.98 Å². The van der Waals surface area contributed by atoms with Gasteiger partial charge in [-0.2, -0.15) is 10.2 Å². The fourth-order valence-electron chi connectivity index (χ4n) is 2.20. The van der Waals surface area contributed by atoms with E-state index in [1.165, 1.54) is 0 Å². The van der Waals surface area contributed by atoms with Gasteiger partial charge in [0.1, 0.15) is 0 Å². The van der Waals surface area contributed by atoms with Gasteiger partial charge in [0.2, 0.25) is 0 Å². The molecule has 0 atom stereocenters. The van der Waals surface area contributed by atoms with Crippen LogP contribution in [0.2, 0.25) is 0 Å². The Balaban J connectivity index is 2.20. The number of aliphatic imine (C=N–C) groups is 2. The van der Waals surface area contributed by atoms with E-state index < -0.39 is 0 Å². The molecule has 0 unspecified atom stereocenters. The summed E-state index contributed by atoms with van der Waals surface area (Å²) in [6, 6.07) is 16.1. The Morgan fingerprint density at radius 1 is 0.538 bits per heavy atom. The van der Waals surface area contributed by atoms with E-state index in [0.29, 0.717) is 0 Å². The molecule has 2 rings (SSSR count). The molecule has 0 aliphatic heterocycles. The summed E-state index contributed by atoms with van der Waals surface area (Å²) in [5.41, 5.74) is 7.47. The molecule has 0 spiro atoms. The summed E-state index contributed by atoms with van der Waals surface area (Å²) < 4.78 is 0. The van der Waals surface area contributed by atoms with E-state index in [1.54, 1.807) is 0 Å². The van der Waals surface area contributed by atoms with E-state index in [0.717, 1.165) is 45.3 Å². The fourth-order valence-corrected chi connectivity index (χ4v) is 2.20. The lowest BCUT2D eigenvalue weighted by Crippen LogP contribution is -2.08. The van der Waals surface area contributed by atoms with E-state index in [4.69, 9.17) is 0 Å². The Kier molecular flexibility index (Phi) is 6.73. The van der Waals surface area contributed by atoms with Crippen molar-refractivity contribution >= 4 is 34.2 Å². The van der Waals surface area contributed by atoms with E-state index in [2.05, 4.69) is 20.2 Å². The maximum absolute atomic E-state index is 4.65. The highest BCUT2D eigenvalue weighted by Crippen LogP contribution is 2.18. The molecule has 0 amide bonds. The van der Waals surface area contributed by atoms with Crippen LogP contribution in [0.4, 0.5) is 11.4 Å². The van der Waals surface area contributed by atoms with Crippen LogP contribution < -0.4 is 0 Å². The molecule has 0 bridgehead atoms. The van der Waals surface area contributed by atoms with E-state index >= 15 is 0 Å². The van der Waals surface area contributed by atoms with Gasteiger partial charge in [0.05, 0.1) is 34.2 Å². The predicted octanol–water partition coefficient (Wildman–Crippen LogP) is 6.03. The molecule has 134 valence electrons. The minimum atomic E-state index is 0.788. The summed E-state index contributed by atoms with van der Waals surface area (Å²) in [5, 5.41) is 8.66. The van der Waals surface area contributed by atoms with Gasteiger partial charge in [-0.15, -0.1) is 0 Å². The van der Waals surface area contributed by atoms with Crippen LogP contribution in [0.15, 0.2) is 68.7 Å². The summed E-state index contributed by atoms with van der Waals surface area (Å²) in [5.74, 6) is 0. The molecule has 0 aliphatic carbocycles. The molecule has 2 aromatic carbocycles. The largest absolute Gasteiger partial charge is 0.252 e. The van der Waals surface area contributed by atoms with E-state index in [-0.39, 0.29) is 0 Å². The van der Waals surface area contributed by atoms with Crippen molar-refractivity contribution in [1.29, 1.82) is 0 Å². The highest BCUT2D eigenvalue weighted by atomic mass is 15.2. The van der Waals surface area contributed by atoms with Gasteiger partial charge in [-0.05, 0) is 64.8 Å². The second kappa shape index (κ2) is 8.99. The topological polar surface area (TPSA) is 49.4 Å². The standard InChI is InChI=1S/C22H26N4/c1-15-11-7-9-13-21(15)23-17(3)19(5)25-26-20(6)18(4)24-22-14-10-8-12-16(22)2/h7-14H,1-6H3/b23-17?,24-18?,25-19+,26-20+. The van der Waals surface area contributed by atoms with Crippen LogP contribution in [0.5, 0.6) is 0 Å². The number of benzene rings is 2. The molecule has 26 heavy (non-hydrogen) atoms. The van der Waals surface area contributed by atoms with Crippen LogP contribution in [0, 0.1) is 13.8 Å². The molecule has 0 fully saturated rings. The van der Waals surface area contributed by atoms with Gasteiger partial charge in [-0.1, -0.05) is 36.4 Å². The zero-order valence-electron chi connectivity index (χ0n) is 16.4. The zero-order valence-corrected chi connectivity index (χ0v) is 16.4. The molecule has 4 heteroatoms. The van der Waals surface area contributed by atoms with Crippen molar-refractivity contribution < 1.29 is 0 Å². The number of aryl methyl sites for hydroxylation is 2. The molecular weight excluding hydrogens is 320 g/mol. The summed E-state index contributed by atoms with van der Waals surface area (Å²) in [4.78, 5) is 9.29. The number of para-hydroxylation sites is 2. The Hall–Kier alpha value is -2.88. The molecule has 4 nitrogen and oxygen atoms in total. The number of rotatable bonds is 5. The van der Waals surface area contributed by atoms with Crippen molar-refractivity contribution in [3.8, 4) is 0 Å². The summed E-state index contributed by atoms with van der Waals surface area (Å²) in [6.07, 6.45) is 0. The highest BCUT2D eigenvalue weighted by Gasteiger charge is 2.02. The van der Waals surface area contributed by atoms with Gasteiger partial charge >= 0.3 is 0 Å². The van der Waals surface area contributed by atoms with Crippen LogP contribution in [-0.4, -0.2) is 22.8 Å². The molecule has 0 aliphatic rings. The Labute approximate surface area is 156 Å². The number of nitrogens with zero attached hydrogens (tertiary/aromatic N) is 4. The first-order chi connectivity index (χ1) is 12.4. The second-order valence-corrected chi connectivity index (χ2v) is 6.34. The maximum atomic E-state index is 4.65. The van der Waals surface area contributed by atoms with Crippen molar-refractivity contribution in [3.05, 3.63) is 59.7 Å². The van der Waals surface area contributed by atoms with Gasteiger partial charge in [0.25, 0.3) is 0 Å². The van der Waals surface area contributed by atoms with Crippen molar-refractivity contribution in [2.24, 2.45) is 20.2 Å². The van der Waals surface area contributed by atoms with Gasteiger partial charge in [0.15, 0.2) is 0 Å². The third-order valence-electron chi connectivity index (χ3n) is 4.20. The lowest BCUT2D eigenvalue weighted by molar-refractivity contribution is 1.23. The SMILES string of the molecule is CC(=Nc1ccccc1C)/C(C)=N/N=C(\C)C(C)=Nc1ccccc1C. The Morgan fingerprint density at radius 3 is 1.23 bits per heavy atom. The average Bonchev–Trinajstić information content (AvgIpc) is 2.63. The highest BCUT2D eigenvalue weighted by molar-refractivity contribution is 6.42. The molecule has 0 aromatic heterocycles. The predicted molar refractivity (Wildman–Crippen MR) is 114 cm³/mol. The lowest BCUT2D eigenvalue weighted by atomic mass is 10.2. The monoisotopic (exact) mass is 346 g/mol. The normalized spacial score (nSPS) is 13.9. The van der Waals surface area contributed by atoms with Crippen LogP contribution in [0.1, 0.15) is 38.8 Å². The van der Waals surface area contributed by atoms with Crippen LogP contribution >= 0.6 is 0 Å². The van der Waals surface area contributed by atoms with Crippen LogP contribution in [0.3, 0.4) is 0 Å². The quantitative estimate of drug-likeness (QED) is 0.469.